The number of benzene rings is 2. The quantitative estimate of drug-likeness (QED) is 0.847. The third-order valence-corrected chi connectivity index (χ3v) is 3.64. The molecule has 0 aliphatic carbocycles. The van der Waals surface area contributed by atoms with Crippen LogP contribution in [0.1, 0.15) is 11.1 Å². The van der Waals surface area contributed by atoms with Gasteiger partial charge in [-0.25, -0.2) is 8.78 Å². The van der Waals surface area contributed by atoms with Gasteiger partial charge in [-0.15, -0.1) is 0 Å². The van der Waals surface area contributed by atoms with Crippen molar-refractivity contribution >= 4 is 11.6 Å². The number of methoxy groups -OCH3 is 1. The van der Waals surface area contributed by atoms with Crippen molar-refractivity contribution in [3.05, 3.63) is 59.2 Å². The van der Waals surface area contributed by atoms with Gasteiger partial charge in [0.15, 0.2) is 18.1 Å². The van der Waals surface area contributed by atoms with E-state index in [2.05, 4.69) is 5.32 Å². The number of nitrogens with one attached hydrogen (secondary N) is 2. The van der Waals surface area contributed by atoms with Crippen molar-refractivity contribution in [3.8, 4) is 5.75 Å². The van der Waals surface area contributed by atoms with Gasteiger partial charge in [0, 0.05) is 11.3 Å². The molecule has 0 aliphatic heterocycles. The largest absolute Gasteiger partial charge is 0.494 e. The van der Waals surface area contributed by atoms with Crippen molar-refractivity contribution < 1.29 is 23.2 Å². The number of rotatable bonds is 6. The summed E-state index contributed by atoms with van der Waals surface area (Å²) in [6.07, 6.45) is 0. The van der Waals surface area contributed by atoms with Gasteiger partial charge in [-0.1, -0.05) is 6.07 Å². The lowest BCUT2D eigenvalue weighted by molar-refractivity contribution is -0.885. The zero-order valence-corrected chi connectivity index (χ0v) is 14.0. The van der Waals surface area contributed by atoms with Crippen LogP contribution in [0.4, 0.5) is 14.5 Å². The van der Waals surface area contributed by atoms with Crippen LogP contribution in [0, 0.1) is 18.6 Å². The van der Waals surface area contributed by atoms with Gasteiger partial charge in [-0.05, 0) is 42.8 Å². The van der Waals surface area contributed by atoms with Gasteiger partial charge in [0.25, 0.3) is 5.91 Å². The second kappa shape index (κ2) is 7.88. The molecular formula is C18H21F2N2O2+. The summed E-state index contributed by atoms with van der Waals surface area (Å²) in [4.78, 5) is 12.9. The van der Waals surface area contributed by atoms with Crippen LogP contribution < -0.4 is 15.0 Å². The maximum Gasteiger partial charge on any atom is 0.279 e. The third kappa shape index (κ3) is 4.76. The molecule has 4 nitrogen and oxygen atoms in total. The molecule has 128 valence electrons. The number of quaternary nitrogens is 1. The van der Waals surface area contributed by atoms with E-state index in [1.807, 2.05) is 7.05 Å². The average Bonchev–Trinajstić information content (AvgIpc) is 2.51. The van der Waals surface area contributed by atoms with E-state index >= 15 is 0 Å². The third-order valence-electron chi connectivity index (χ3n) is 3.64. The molecule has 2 N–H and O–H groups in total. The van der Waals surface area contributed by atoms with Crippen molar-refractivity contribution in [1.29, 1.82) is 0 Å². The number of hydrogen-bond acceptors (Lipinski definition) is 2. The van der Waals surface area contributed by atoms with E-state index in [1.54, 1.807) is 31.2 Å². The molecule has 1 unspecified atom stereocenters. The summed E-state index contributed by atoms with van der Waals surface area (Å²) in [5.74, 6) is -0.829. The Hall–Kier alpha value is -2.47. The fourth-order valence-electron chi connectivity index (χ4n) is 2.38. The van der Waals surface area contributed by atoms with Gasteiger partial charge in [-0.2, -0.15) is 0 Å². The van der Waals surface area contributed by atoms with E-state index in [9.17, 15) is 13.6 Å². The Morgan fingerprint density at radius 1 is 1.17 bits per heavy atom. The van der Waals surface area contributed by atoms with E-state index in [1.165, 1.54) is 19.2 Å². The smallest absolute Gasteiger partial charge is 0.279 e. The van der Waals surface area contributed by atoms with E-state index in [0.29, 0.717) is 17.8 Å². The maximum atomic E-state index is 13.7. The molecule has 6 heteroatoms. The number of aryl methyl sites for hydroxylation is 1. The Morgan fingerprint density at radius 2 is 1.92 bits per heavy atom. The van der Waals surface area contributed by atoms with Gasteiger partial charge in [0.2, 0.25) is 0 Å². The van der Waals surface area contributed by atoms with Crippen molar-refractivity contribution in [2.75, 3.05) is 26.0 Å². The number of amides is 1. The molecule has 24 heavy (non-hydrogen) atoms. The number of ether oxygens (including phenoxy) is 1. The highest BCUT2D eigenvalue weighted by Crippen LogP contribution is 2.17. The number of anilines is 1. The minimum atomic E-state index is -0.428. The predicted molar refractivity (Wildman–Crippen MR) is 88.2 cm³/mol. The van der Waals surface area contributed by atoms with Crippen LogP contribution in [-0.4, -0.2) is 26.6 Å². The fourth-order valence-corrected chi connectivity index (χ4v) is 2.38. The molecule has 1 amide bonds. The standard InChI is InChI=1S/C18H20F2N2O2/c1-12-4-6-14(9-15(12)19)21-18(23)11-22(2)10-13-5-7-17(24-3)16(20)8-13/h4-9H,10-11H2,1-3H3,(H,21,23)/p+1. The first-order chi connectivity index (χ1) is 11.4. The highest BCUT2D eigenvalue weighted by atomic mass is 19.1. The van der Waals surface area contributed by atoms with E-state index in [4.69, 9.17) is 4.74 Å². The molecule has 0 aromatic heterocycles. The topological polar surface area (TPSA) is 42.8 Å². The summed E-state index contributed by atoms with van der Waals surface area (Å²) < 4.78 is 32.0. The second-order valence-electron chi connectivity index (χ2n) is 5.79. The molecule has 0 heterocycles. The molecule has 0 bridgehead atoms. The highest BCUT2D eigenvalue weighted by Gasteiger charge is 2.13. The number of carbonyl (C=O) groups excluding carboxylic acids is 1. The Morgan fingerprint density at radius 3 is 2.54 bits per heavy atom. The van der Waals surface area contributed by atoms with Gasteiger partial charge < -0.3 is 15.0 Å². The van der Waals surface area contributed by atoms with Crippen LogP contribution in [0.15, 0.2) is 36.4 Å². The van der Waals surface area contributed by atoms with Crippen LogP contribution in [0.2, 0.25) is 0 Å². The van der Waals surface area contributed by atoms with Crippen molar-refractivity contribution in [1.82, 2.24) is 0 Å². The molecular weight excluding hydrogens is 314 g/mol. The van der Waals surface area contributed by atoms with Crippen molar-refractivity contribution in [2.45, 2.75) is 13.5 Å². The average molecular weight is 335 g/mol. The molecule has 0 radical (unpaired) electrons. The lowest BCUT2D eigenvalue weighted by atomic mass is 10.2. The Bertz CT molecular complexity index is 735. The lowest BCUT2D eigenvalue weighted by Crippen LogP contribution is -3.08. The van der Waals surface area contributed by atoms with E-state index < -0.39 is 5.82 Å². The van der Waals surface area contributed by atoms with Crippen LogP contribution in [0.25, 0.3) is 0 Å². The molecule has 0 spiro atoms. The summed E-state index contributed by atoms with van der Waals surface area (Å²) in [5.41, 5.74) is 1.71. The van der Waals surface area contributed by atoms with Gasteiger partial charge in [0.05, 0.1) is 14.2 Å². The molecule has 2 rings (SSSR count). The second-order valence-corrected chi connectivity index (χ2v) is 5.79. The highest BCUT2D eigenvalue weighted by molar-refractivity contribution is 5.91. The maximum absolute atomic E-state index is 13.7. The molecule has 0 saturated heterocycles. The monoisotopic (exact) mass is 335 g/mol. The minimum absolute atomic E-state index is 0.184. The van der Waals surface area contributed by atoms with Crippen LogP contribution in [0.5, 0.6) is 5.75 Å². The summed E-state index contributed by atoms with van der Waals surface area (Å²) in [5, 5.41) is 2.66. The van der Waals surface area contributed by atoms with Crippen molar-refractivity contribution in [3.63, 3.8) is 0 Å². The Balaban J connectivity index is 1.91. The van der Waals surface area contributed by atoms with E-state index in [-0.39, 0.29) is 24.0 Å². The molecule has 2 aromatic rings. The first kappa shape index (κ1) is 17.9. The molecule has 0 aliphatic rings. The molecule has 0 fully saturated rings. The SMILES string of the molecule is COc1ccc(C[NH+](C)CC(=O)Nc2ccc(C)c(F)c2)cc1F. The minimum Gasteiger partial charge on any atom is -0.494 e. The van der Waals surface area contributed by atoms with Crippen molar-refractivity contribution in [2.24, 2.45) is 0 Å². The number of hydrogen-bond donors (Lipinski definition) is 2. The molecule has 1 atom stereocenters. The molecule has 0 saturated carbocycles. The van der Waals surface area contributed by atoms with Gasteiger partial charge in [0.1, 0.15) is 12.4 Å². The normalized spacial score (nSPS) is 11.9. The number of halogens is 2. The Labute approximate surface area is 140 Å². The number of carbonyl (C=O) groups is 1. The fraction of sp³-hybridized carbons (Fsp3) is 0.278. The van der Waals surface area contributed by atoms with Gasteiger partial charge >= 0.3 is 0 Å². The summed E-state index contributed by atoms with van der Waals surface area (Å²) in [6.45, 7) is 2.33. The van der Waals surface area contributed by atoms with Crippen LogP contribution in [-0.2, 0) is 11.3 Å². The van der Waals surface area contributed by atoms with E-state index in [0.717, 1.165) is 10.5 Å². The summed E-state index contributed by atoms with van der Waals surface area (Å²) in [7, 11) is 3.24. The lowest BCUT2D eigenvalue weighted by Gasteiger charge is -2.14. The number of likely N-dealkylation sites (N-methyl/N-ethyl adjacent to an activating group) is 1. The zero-order chi connectivity index (χ0) is 17.7. The zero-order valence-electron chi connectivity index (χ0n) is 14.0. The first-order valence-electron chi connectivity index (χ1n) is 7.58. The Kier molecular flexibility index (Phi) is 5.87. The van der Waals surface area contributed by atoms with Crippen LogP contribution >= 0.6 is 0 Å². The first-order valence-corrected chi connectivity index (χ1v) is 7.58. The summed E-state index contributed by atoms with van der Waals surface area (Å²) >= 11 is 0. The van der Waals surface area contributed by atoms with Crippen LogP contribution in [0.3, 0.4) is 0 Å². The molecule has 2 aromatic carbocycles. The van der Waals surface area contributed by atoms with Gasteiger partial charge in [-0.3, -0.25) is 4.79 Å². The summed E-state index contributed by atoms with van der Waals surface area (Å²) in [6, 6.07) is 9.29. The predicted octanol–water partition coefficient (Wildman–Crippen LogP) is 1.94.